The molecule has 0 saturated carbocycles. The van der Waals surface area contributed by atoms with Gasteiger partial charge in [-0.15, -0.1) is 0 Å². The fraction of sp³-hybridized carbons (Fsp3) is 0.444. The molecule has 72 valence electrons. The molecule has 0 bridgehead atoms. The van der Waals surface area contributed by atoms with Crippen molar-refractivity contribution in [2.45, 2.75) is 13.5 Å². The van der Waals surface area contributed by atoms with Crippen LogP contribution >= 0.6 is 0 Å². The summed E-state index contributed by atoms with van der Waals surface area (Å²) in [7, 11) is 1.54. The van der Waals surface area contributed by atoms with Crippen LogP contribution in [0.1, 0.15) is 5.69 Å². The summed E-state index contributed by atoms with van der Waals surface area (Å²) in [5.41, 5.74) is 6.18. The van der Waals surface area contributed by atoms with Crippen LogP contribution in [-0.4, -0.2) is 18.2 Å². The molecule has 0 unspecified atom stereocenters. The lowest BCUT2D eigenvalue weighted by molar-refractivity contribution is 0.411. The van der Waals surface area contributed by atoms with Crippen molar-refractivity contribution in [2.24, 2.45) is 5.73 Å². The third kappa shape index (κ3) is 2.09. The minimum atomic E-state index is -0.0673. The van der Waals surface area contributed by atoms with Gasteiger partial charge in [-0.3, -0.25) is 4.79 Å². The average molecular weight is 182 g/mol. The average Bonchev–Trinajstić information content (AvgIpc) is 2.11. The number of nitrogens with zero attached hydrogens (tertiary/aromatic N) is 1. The molecule has 0 spiro atoms. The highest BCUT2D eigenvalue weighted by Crippen LogP contribution is 2.08. The van der Waals surface area contributed by atoms with E-state index >= 15 is 0 Å². The van der Waals surface area contributed by atoms with Crippen LogP contribution in [0.3, 0.4) is 0 Å². The van der Waals surface area contributed by atoms with Gasteiger partial charge in [0.05, 0.1) is 7.11 Å². The highest BCUT2D eigenvalue weighted by atomic mass is 16.5. The Bertz CT molecular complexity index is 344. The molecule has 4 heteroatoms. The van der Waals surface area contributed by atoms with E-state index in [1.807, 2.05) is 13.0 Å². The summed E-state index contributed by atoms with van der Waals surface area (Å²) in [6.07, 6.45) is 0. The molecule has 1 aromatic rings. The Balaban J connectivity index is 3.15. The number of rotatable bonds is 3. The standard InChI is InChI=1S/C9H14N2O2/c1-7-5-8(13-2)6-9(12)11(7)4-3-10/h5-6H,3-4,10H2,1-2H3. The van der Waals surface area contributed by atoms with Crippen LogP contribution < -0.4 is 16.0 Å². The molecular formula is C9H14N2O2. The van der Waals surface area contributed by atoms with Crippen LogP contribution in [0.2, 0.25) is 0 Å². The third-order valence-corrected chi connectivity index (χ3v) is 1.90. The van der Waals surface area contributed by atoms with Gasteiger partial charge >= 0.3 is 0 Å². The Labute approximate surface area is 76.9 Å². The number of nitrogens with two attached hydrogens (primary N) is 1. The van der Waals surface area contributed by atoms with Gasteiger partial charge in [-0.2, -0.15) is 0 Å². The summed E-state index contributed by atoms with van der Waals surface area (Å²) in [5, 5.41) is 0. The number of aromatic nitrogens is 1. The zero-order chi connectivity index (χ0) is 9.84. The normalized spacial score (nSPS) is 10.1. The van der Waals surface area contributed by atoms with Gasteiger partial charge in [-0.25, -0.2) is 0 Å². The molecule has 0 amide bonds. The molecule has 0 aromatic carbocycles. The quantitative estimate of drug-likeness (QED) is 0.722. The Morgan fingerprint density at radius 2 is 2.23 bits per heavy atom. The van der Waals surface area contributed by atoms with Crippen LogP contribution in [0.25, 0.3) is 0 Å². The Morgan fingerprint density at radius 1 is 1.54 bits per heavy atom. The smallest absolute Gasteiger partial charge is 0.254 e. The van der Waals surface area contributed by atoms with Crippen LogP contribution in [-0.2, 0) is 6.54 Å². The predicted octanol–water partition coefficient (Wildman–Crippen LogP) is 0.124. The summed E-state index contributed by atoms with van der Waals surface area (Å²) >= 11 is 0. The molecule has 0 atom stereocenters. The molecule has 1 heterocycles. The lowest BCUT2D eigenvalue weighted by Gasteiger charge is -2.09. The number of ether oxygens (including phenoxy) is 1. The Morgan fingerprint density at radius 3 is 2.69 bits per heavy atom. The van der Waals surface area contributed by atoms with Gasteiger partial charge in [0.1, 0.15) is 5.75 Å². The largest absolute Gasteiger partial charge is 0.496 e. The van der Waals surface area contributed by atoms with Gasteiger partial charge in [0.25, 0.3) is 5.56 Å². The first-order valence-electron chi connectivity index (χ1n) is 4.14. The van der Waals surface area contributed by atoms with Crippen LogP contribution in [0.4, 0.5) is 0 Å². The fourth-order valence-electron chi connectivity index (χ4n) is 1.23. The van der Waals surface area contributed by atoms with E-state index in [1.165, 1.54) is 6.07 Å². The number of pyridine rings is 1. The summed E-state index contributed by atoms with van der Waals surface area (Å²) in [6.45, 7) is 2.88. The van der Waals surface area contributed by atoms with Crippen molar-refractivity contribution in [1.82, 2.24) is 4.57 Å². The number of hydrogen-bond acceptors (Lipinski definition) is 3. The Kier molecular flexibility index (Phi) is 3.08. The minimum Gasteiger partial charge on any atom is -0.496 e. The topological polar surface area (TPSA) is 57.2 Å². The molecule has 2 N–H and O–H groups in total. The molecule has 0 aliphatic heterocycles. The first-order valence-corrected chi connectivity index (χ1v) is 4.14. The summed E-state index contributed by atoms with van der Waals surface area (Å²) in [5.74, 6) is 0.593. The number of aryl methyl sites for hydroxylation is 1. The van der Waals surface area contributed by atoms with Gasteiger partial charge in [0.15, 0.2) is 0 Å². The minimum absolute atomic E-state index is 0.0673. The lowest BCUT2D eigenvalue weighted by Crippen LogP contribution is -2.25. The van der Waals surface area contributed by atoms with E-state index in [0.717, 1.165) is 5.69 Å². The lowest BCUT2D eigenvalue weighted by atomic mass is 10.3. The molecular weight excluding hydrogens is 168 g/mol. The second-order valence-corrected chi connectivity index (χ2v) is 2.82. The van der Waals surface area contributed by atoms with Crippen molar-refractivity contribution in [3.05, 3.63) is 28.2 Å². The van der Waals surface area contributed by atoms with Crippen molar-refractivity contribution in [3.8, 4) is 5.75 Å². The van der Waals surface area contributed by atoms with Crippen LogP contribution in [0.15, 0.2) is 16.9 Å². The van der Waals surface area contributed by atoms with Crippen molar-refractivity contribution in [1.29, 1.82) is 0 Å². The van der Waals surface area contributed by atoms with Gasteiger partial charge in [-0.1, -0.05) is 0 Å². The molecule has 0 fully saturated rings. The molecule has 0 radical (unpaired) electrons. The molecule has 4 nitrogen and oxygen atoms in total. The Hall–Kier alpha value is -1.29. The third-order valence-electron chi connectivity index (χ3n) is 1.90. The van der Waals surface area contributed by atoms with Gasteiger partial charge in [0.2, 0.25) is 0 Å². The molecule has 0 saturated heterocycles. The molecule has 1 rings (SSSR count). The monoisotopic (exact) mass is 182 g/mol. The maximum atomic E-state index is 11.4. The summed E-state index contributed by atoms with van der Waals surface area (Å²) < 4.78 is 6.59. The van der Waals surface area contributed by atoms with Gasteiger partial charge in [-0.05, 0) is 13.0 Å². The first-order chi connectivity index (χ1) is 6.19. The second kappa shape index (κ2) is 4.09. The molecule has 0 aliphatic carbocycles. The van der Waals surface area contributed by atoms with E-state index in [-0.39, 0.29) is 5.56 Å². The van der Waals surface area contributed by atoms with Crippen LogP contribution in [0.5, 0.6) is 5.75 Å². The number of hydrogen-bond donors (Lipinski definition) is 1. The molecule has 0 aliphatic rings. The van der Waals surface area contributed by atoms with E-state index in [9.17, 15) is 4.79 Å². The van der Waals surface area contributed by atoms with E-state index in [2.05, 4.69) is 0 Å². The highest BCUT2D eigenvalue weighted by Gasteiger charge is 2.01. The van der Waals surface area contributed by atoms with Gasteiger partial charge in [0, 0.05) is 24.8 Å². The first kappa shape index (κ1) is 9.80. The SMILES string of the molecule is COc1cc(C)n(CCN)c(=O)c1. The summed E-state index contributed by atoms with van der Waals surface area (Å²) in [4.78, 5) is 11.4. The summed E-state index contributed by atoms with van der Waals surface area (Å²) in [6, 6.07) is 3.28. The van der Waals surface area contributed by atoms with Crippen molar-refractivity contribution >= 4 is 0 Å². The zero-order valence-corrected chi connectivity index (χ0v) is 7.91. The van der Waals surface area contributed by atoms with Crippen molar-refractivity contribution < 1.29 is 4.74 Å². The number of methoxy groups -OCH3 is 1. The van der Waals surface area contributed by atoms with E-state index in [4.69, 9.17) is 10.5 Å². The molecule has 13 heavy (non-hydrogen) atoms. The van der Waals surface area contributed by atoms with Crippen molar-refractivity contribution in [2.75, 3.05) is 13.7 Å². The second-order valence-electron chi connectivity index (χ2n) is 2.82. The predicted molar refractivity (Wildman–Crippen MR) is 51.0 cm³/mol. The van der Waals surface area contributed by atoms with Crippen molar-refractivity contribution in [3.63, 3.8) is 0 Å². The van der Waals surface area contributed by atoms with E-state index < -0.39 is 0 Å². The van der Waals surface area contributed by atoms with E-state index in [1.54, 1.807) is 11.7 Å². The zero-order valence-electron chi connectivity index (χ0n) is 7.91. The highest BCUT2D eigenvalue weighted by molar-refractivity contribution is 5.22. The van der Waals surface area contributed by atoms with Gasteiger partial charge < -0.3 is 15.0 Å². The van der Waals surface area contributed by atoms with Crippen LogP contribution in [0, 0.1) is 6.92 Å². The van der Waals surface area contributed by atoms with E-state index in [0.29, 0.717) is 18.8 Å². The molecule has 1 aromatic heterocycles. The fourth-order valence-corrected chi connectivity index (χ4v) is 1.23. The maximum absolute atomic E-state index is 11.4. The maximum Gasteiger partial charge on any atom is 0.254 e.